The first-order valence-electron chi connectivity index (χ1n) is 9.75. The largest absolute Gasteiger partial charge is 0.493 e. The molecule has 4 nitrogen and oxygen atoms in total. The molecule has 1 fully saturated rings. The summed E-state index contributed by atoms with van der Waals surface area (Å²) in [6.45, 7) is 4.89. The number of aryl methyl sites for hydroxylation is 1. The van der Waals surface area contributed by atoms with Gasteiger partial charge in [0.15, 0.2) is 11.5 Å². The van der Waals surface area contributed by atoms with Crippen molar-refractivity contribution in [1.82, 2.24) is 9.88 Å². The summed E-state index contributed by atoms with van der Waals surface area (Å²) in [4.78, 5) is 6.82. The van der Waals surface area contributed by atoms with Crippen molar-refractivity contribution >= 4 is 0 Å². The van der Waals surface area contributed by atoms with Gasteiger partial charge < -0.3 is 9.47 Å². The molecule has 1 aromatic carbocycles. The minimum absolute atomic E-state index is 0.454. The molecule has 0 spiro atoms. The van der Waals surface area contributed by atoms with Gasteiger partial charge in [-0.05, 0) is 55.1 Å². The lowest BCUT2D eigenvalue weighted by molar-refractivity contribution is 0.122. The highest BCUT2D eigenvalue weighted by Gasteiger charge is 2.23. The van der Waals surface area contributed by atoms with Crippen LogP contribution in [0.3, 0.4) is 0 Å². The Labute approximate surface area is 157 Å². The van der Waals surface area contributed by atoms with Gasteiger partial charge in [-0.15, -0.1) is 0 Å². The van der Waals surface area contributed by atoms with E-state index >= 15 is 0 Å². The molecule has 1 saturated heterocycles. The number of likely N-dealkylation sites (tertiary alicyclic amines) is 1. The lowest BCUT2D eigenvalue weighted by Gasteiger charge is -2.35. The van der Waals surface area contributed by atoms with E-state index in [2.05, 4.69) is 35.0 Å². The van der Waals surface area contributed by atoms with Gasteiger partial charge in [0.25, 0.3) is 0 Å². The van der Waals surface area contributed by atoms with Gasteiger partial charge in [-0.2, -0.15) is 0 Å². The first kappa shape index (κ1) is 18.7. The normalized spacial score (nSPS) is 17.8. The predicted octanol–water partition coefficient (Wildman–Crippen LogP) is 4.65. The monoisotopic (exact) mass is 354 g/mol. The molecule has 3 rings (SSSR count). The van der Waals surface area contributed by atoms with E-state index in [0.717, 1.165) is 37.4 Å². The number of hydrogen-bond donors (Lipinski definition) is 0. The summed E-state index contributed by atoms with van der Waals surface area (Å²) in [5.41, 5.74) is 2.61. The minimum Gasteiger partial charge on any atom is -0.493 e. The lowest BCUT2D eigenvalue weighted by Crippen LogP contribution is -2.36. The van der Waals surface area contributed by atoms with E-state index in [1.807, 2.05) is 24.5 Å². The molecule has 1 aromatic heterocycles. The molecule has 0 N–H and O–H groups in total. The molecular formula is C22H30N2O2. The molecule has 0 saturated carbocycles. The molecule has 1 aliphatic heterocycles. The van der Waals surface area contributed by atoms with E-state index < -0.39 is 0 Å². The van der Waals surface area contributed by atoms with Crippen LogP contribution in [0.5, 0.6) is 11.5 Å². The Kier molecular flexibility index (Phi) is 6.89. The molecule has 26 heavy (non-hydrogen) atoms. The average molecular weight is 354 g/mol. The van der Waals surface area contributed by atoms with Crippen molar-refractivity contribution in [3.05, 3.63) is 53.9 Å². The molecule has 0 bridgehead atoms. The van der Waals surface area contributed by atoms with E-state index in [-0.39, 0.29) is 0 Å². The van der Waals surface area contributed by atoms with Gasteiger partial charge in [-0.3, -0.25) is 9.88 Å². The molecule has 0 radical (unpaired) electrons. The number of benzene rings is 1. The van der Waals surface area contributed by atoms with Crippen LogP contribution in [0.15, 0.2) is 42.7 Å². The van der Waals surface area contributed by atoms with Crippen LogP contribution in [0.2, 0.25) is 0 Å². The second-order valence-corrected chi connectivity index (χ2v) is 6.92. The van der Waals surface area contributed by atoms with Crippen LogP contribution in [-0.2, 0) is 6.42 Å². The zero-order valence-corrected chi connectivity index (χ0v) is 16.0. The number of piperidine rings is 1. The van der Waals surface area contributed by atoms with Crippen molar-refractivity contribution in [3.8, 4) is 11.5 Å². The summed E-state index contributed by atoms with van der Waals surface area (Å²) in [7, 11) is 1.71. The fraction of sp³-hybridized carbons (Fsp3) is 0.500. The zero-order valence-electron chi connectivity index (χ0n) is 16.0. The van der Waals surface area contributed by atoms with Gasteiger partial charge in [0.1, 0.15) is 6.61 Å². The summed E-state index contributed by atoms with van der Waals surface area (Å²) >= 11 is 0. The van der Waals surface area contributed by atoms with E-state index in [9.17, 15) is 0 Å². The number of rotatable bonds is 8. The molecule has 140 valence electrons. The Balaban J connectivity index is 1.59. The second-order valence-electron chi connectivity index (χ2n) is 6.92. The third-order valence-electron chi connectivity index (χ3n) is 5.09. The second kappa shape index (κ2) is 9.58. The van der Waals surface area contributed by atoms with Gasteiger partial charge in [-0.1, -0.05) is 31.9 Å². The number of ether oxygens (including phenoxy) is 2. The minimum atomic E-state index is 0.454. The van der Waals surface area contributed by atoms with Crippen LogP contribution >= 0.6 is 0 Å². The molecule has 0 amide bonds. The van der Waals surface area contributed by atoms with Crippen molar-refractivity contribution in [3.63, 3.8) is 0 Å². The predicted molar refractivity (Wildman–Crippen MR) is 105 cm³/mol. The van der Waals surface area contributed by atoms with Crippen molar-refractivity contribution in [2.24, 2.45) is 0 Å². The molecular weight excluding hydrogens is 324 g/mol. The molecule has 1 aliphatic rings. The van der Waals surface area contributed by atoms with Crippen molar-refractivity contribution in [2.75, 3.05) is 26.8 Å². The Bertz CT molecular complexity index is 675. The van der Waals surface area contributed by atoms with Crippen molar-refractivity contribution < 1.29 is 9.47 Å². The summed E-state index contributed by atoms with van der Waals surface area (Å²) in [5, 5.41) is 0. The van der Waals surface area contributed by atoms with E-state index in [0.29, 0.717) is 12.6 Å². The maximum absolute atomic E-state index is 6.07. The molecule has 0 unspecified atom stereocenters. The van der Waals surface area contributed by atoms with Crippen molar-refractivity contribution in [2.45, 2.75) is 45.1 Å². The summed E-state index contributed by atoms with van der Waals surface area (Å²) < 4.78 is 11.6. The number of methoxy groups -OCH3 is 1. The Morgan fingerprint density at radius 2 is 2.12 bits per heavy atom. The van der Waals surface area contributed by atoms with Crippen LogP contribution in [0, 0.1) is 0 Å². The highest BCUT2D eigenvalue weighted by Crippen LogP contribution is 2.31. The Morgan fingerprint density at radius 3 is 2.88 bits per heavy atom. The Morgan fingerprint density at radius 1 is 1.19 bits per heavy atom. The van der Waals surface area contributed by atoms with Gasteiger partial charge in [0, 0.05) is 25.0 Å². The average Bonchev–Trinajstić information content (AvgIpc) is 2.70. The van der Waals surface area contributed by atoms with Crippen LogP contribution in [0.25, 0.3) is 0 Å². The summed E-state index contributed by atoms with van der Waals surface area (Å²) in [6, 6.07) is 10.9. The van der Waals surface area contributed by atoms with E-state index in [1.54, 1.807) is 7.11 Å². The smallest absolute Gasteiger partial charge is 0.161 e. The van der Waals surface area contributed by atoms with E-state index in [4.69, 9.17) is 9.47 Å². The fourth-order valence-corrected chi connectivity index (χ4v) is 3.76. The first-order valence-corrected chi connectivity index (χ1v) is 9.75. The van der Waals surface area contributed by atoms with Gasteiger partial charge in [-0.25, -0.2) is 0 Å². The van der Waals surface area contributed by atoms with Crippen molar-refractivity contribution in [1.29, 1.82) is 0 Å². The number of pyridine rings is 1. The molecule has 4 heteroatoms. The number of hydrogen-bond acceptors (Lipinski definition) is 4. The van der Waals surface area contributed by atoms with Crippen LogP contribution in [0.4, 0.5) is 0 Å². The van der Waals surface area contributed by atoms with E-state index in [1.165, 1.54) is 30.4 Å². The molecule has 1 atom stereocenters. The maximum atomic E-state index is 6.07. The summed E-state index contributed by atoms with van der Waals surface area (Å²) in [5.74, 6) is 1.67. The zero-order chi connectivity index (χ0) is 18.2. The van der Waals surface area contributed by atoms with Gasteiger partial charge in [0.2, 0.25) is 0 Å². The number of nitrogens with zero attached hydrogens (tertiary/aromatic N) is 2. The maximum Gasteiger partial charge on any atom is 0.161 e. The first-order chi connectivity index (χ1) is 12.8. The fourth-order valence-electron chi connectivity index (χ4n) is 3.76. The molecule has 2 heterocycles. The molecule has 2 aromatic rings. The summed E-state index contributed by atoms with van der Waals surface area (Å²) in [6.07, 6.45) is 9.77. The standard InChI is InChI=1S/C22H30N2O2/c1-3-7-18-10-11-21(22(16-18)25-2)26-15-14-24-13-5-4-9-20(24)19-8-6-12-23-17-19/h6,8,10-12,16-17,20H,3-5,7,9,13-15H2,1-2H3/t20-/m1/s1. The third kappa shape index (κ3) is 4.76. The highest BCUT2D eigenvalue weighted by atomic mass is 16.5. The Hall–Kier alpha value is -2.07. The lowest BCUT2D eigenvalue weighted by atomic mass is 9.96. The van der Waals surface area contributed by atoms with Gasteiger partial charge >= 0.3 is 0 Å². The molecule has 0 aliphatic carbocycles. The third-order valence-corrected chi connectivity index (χ3v) is 5.09. The number of aromatic nitrogens is 1. The highest BCUT2D eigenvalue weighted by molar-refractivity contribution is 5.43. The SMILES string of the molecule is CCCc1ccc(OCCN2CCCC[C@@H]2c2cccnc2)c(OC)c1. The van der Waals surface area contributed by atoms with Crippen LogP contribution in [0.1, 0.15) is 49.8 Å². The van der Waals surface area contributed by atoms with Crippen LogP contribution < -0.4 is 9.47 Å². The topological polar surface area (TPSA) is 34.6 Å². The van der Waals surface area contributed by atoms with Crippen LogP contribution in [-0.4, -0.2) is 36.7 Å². The quantitative estimate of drug-likeness (QED) is 0.691. The van der Waals surface area contributed by atoms with Gasteiger partial charge in [0.05, 0.1) is 7.11 Å².